The molecule has 0 spiro atoms. The van der Waals surface area contributed by atoms with Crippen LogP contribution in [0.2, 0.25) is 10.0 Å². The zero-order valence-corrected chi connectivity index (χ0v) is 11.0. The van der Waals surface area contributed by atoms with E-state index in [4.69, 9.17) is 39.2 Å². The normalized spacial score (nSPS) is 12.4. The minimum absolute atomic E-state index is 0.279. The molecule has 18 heavy (non-hydrogen) atoms. The van der Waals surface area contributed by atoms with Gasteiger partial charge < -0.3 is 4.42 Å². The Morgan fingerprint density at radius 3 is 2.44 bits per heavy atom. The van der Waals surface area contributed by atoms with E-state index in [1.165, 1.54) is 12.1 Å². The molecule has 0 aliphatic heterocycles. The summed E-state index contributed by atoms with van der Waals surface area (Å²) in [6.45, 7) is 0. The first-order chi connectivity index (χ1) is 8.49. The molecule has 1 aromatic heterocycles. The average Bonchev–Trinajstić information content (AvgIpc) is 2.81. The van der Waals surface area contributed by atoms with E-state index < -0.39 is 10.3 Å². The lowest BCUT2D eigenvalue weighted by molar-refractivity contribution is -0.402. The standard InChI is InChI=1S/C11H6Cl3NO3/c12-7-2-1-6(5-8(7)13)11(14)9-3-4-10(18-9)15(16)17/h1-5,11H. The van der Waals surface area contributed by atoms with Crippen LogP contribution in [0.1, 0.15) is 16.7 Å². The van der Waals surface area contributed by atoms with Gasteiger partial charge in [-0.1, -0.05) is 29.3 Å². The van der Waals surface area contributed by atoms with E-state index in [0.29, 0.717) is 15.6 Å². The maximum Gasteiger partial charge on any atom is 0.433 e. The summed E-state index contributed by atoms with van der Waals surface area (Å²) in [5.41, 5.74) is 0.648. The SMILES string of the molecule is O=[N+]([O-])c1ccc(C(Cl)c2ccc(Cl)c(Cl)c2)o1. The zero-order valence-electron chi connectivity index (χ0n) is 8.77. The molecule has 0 aliphatic rings. The molecule has 0 bridgehead atoms. The fraction of sp³-hybridized carbons (Fsp3) is 0.0909. The molecule has 1 unspecified atom stereocenters. The van der Waals surface area contributed by atoms with E-state index in [-0.39, 0.29) is 11.6 Å². The molecule has 1 heterocycles. The summed E-state index contributed by atoms with van der Waals surface area (Å²) < 4.78 is 5.02. The van der Waals surface area contributed by atoms with Crippen LogP contribution in [-0.4, -0.2) is 4.92 Å². The van der Waals surface area contributed by atoms with E-state index in [9.17, 15) is 10.1 Å². The van der Waals surface area contributed by atoms with Gasteiger partial charge in [0.1, 0.15) is 16.1 Å². The van der Waals surface area contributed by atoms with Gasteiger partial charge in [0.25, 0.3) is 0 Å². The highest BCUT2D eigenvalue weighted by Gasteiger charge is 2.20. The average molecular weight is 307 g/mol. The number of benzene rings is 1. The van der Waals surface area contributed by atoms with Crippen LogP contribution in [0, 0.1) is 10.1 Å². The smallest absolute Gasteiger partial charge is 0.404 e. The Hall–Kier alpha value is -1.23. The summed E-state index contributed by atoms with van der Waals surface area (Å²) >= 11 is 17.8. The van der Waals surface area contributed by atoms with Gasteiger partial charge in [0.15, 0.2) is 0 Å². The number of hydrogen-bond acceptors (Lipinski definition) is 3. The van der Waals surface area contributed by atoms with Crippen LogP contribution in [-0.2, 0) is 0 Å². The predicted octanol–water partition coefficient (Wildman–Crippen LogP) is 4.82. The van der Waals surface area contributed by atoms with E-state index in [2.05, 4.69) is 0 Å². The highest BCUT2D eigenvalue weighted by atomic mass is 35.5. The summed E-state index contributed by atoms with van der Waals surface area (Å²) in [4.78, 5) is 9.88. The molecule has 0 saturated carbocycles. The van der Waals surface area contributed by atoms with Crippen LogP contribution in [0.25, 0.3) is 0 Å². The summed E-state index contributed by atoms with van der Waals surface area (Å²) in [7, 11) is 0. The Bertz CT molecular complexity index is 597. The summed E-state index contributed by atoms with van der Waals surface area (Å²) in [6, 6.07) is 7.59. The molecular weight excluding hydrogens is 300 g/mol. The first kappa shape index (κ1) is 13.2. The quantitative estimate of drug-likeness (QED) is 0.464. The first-order valence-electron chi connectivity index (χ1n) is 4.82. The number of nitrogens with zero attached hydrogens (tertiary/aromatic N) is 1. The highest BCUT2D eigenvalue weighted by Crippen LogP contribution is 2.34. The number of furan rings is 1. The topological polar surface area (TPSA) is 56.3 Å². The van der Waals surface area contributed by atoms with Gasteiger partial charge >= 0.3 is 5.88 Å². The molecule has 4 nitrogen and oxygen atoms in total. The van der Waals surface area contributed by atoms with Gasteiger partial charge in [-0.3, -0.25) is 10.1 Å². The predicted molar refractivity (Wildman–Crippen MR) is 69.5 cm³/mol. The molecule has 0 fully saturated rings. The Kier molecular flexibility index (Phi) is 3.80. The van der Waals surface area contributed by atoms with E-state index in [0.717, 1.165) is 0 Å². The lowest BCUT2D eigenvalue weighted by Crippen LogP contribution is -1.91. The molecule has 0 amide bonds. The van der Waals surface area contributed by atoms with E-state index in [1.807, 2.05) is 0 Å². The molecule has 0 aliphatic carbocycles. The Morgan fingerprint density at radius 2 is 1.89 bits per heavy atom. The number of alkyl halides is 1. The molecule has 7 heteroatoms. The van der Waals surface area contributed by atoms with Crippen LogP contribution < -0.4 is 0 Å². The van der Waals surface area contributed by atoms with Gasteiger partial charge in [0.2, 0.25) is 0 Å². The van der Waals surface area contributed by atoms with Crippen molar-refractivity contribution in [2.24, 2.45) is 0 Å². The van der Waals surface area contributed by atoms with Crippen LogP contribution >= 0.6 is 34.8 Å². The molecule has 0 saturated heterocycles. The van der Waals surface area contributed by atoms with Crippen molar-refractivity contribution in [2.75, 3.05) is 0 Å². The molecule has 0 radical (unpaired) electrons. The summed E-state index contributed by atoms with van der Waals surface area (Å²) in [5, 5.41) is 10.6. The van der Waals surface area contributed by atoms with Crippen LogP contribution in [0.5, 0.6) is 0 Å². The minimum Gasteiger partial charge on any atom is -0.404 e. The fourth-order valence-corrected chi connectivity index (χ4v) is 1.97. The maximum absolute atomic E-state index is 10.5. The van der Waals surface area contributed by atoms with Gasteiger partial charge in [-0.05, 0) is 23.8 Å². The van der Waals surface area contributed by atoms with Gasteiger partial charge in [0, 0.05) is 0 Å². The van der Waals surface area contributed by atoms with Crippen molar-refractivity contribution in [1.82, 2.24) is 0 Å². The van der Waals surface area contributed by atoms with Gasteiger partial charge in [-0.15, -0.1) is 11.6 Å². The Labute approximate surface area is 117 Å². The van der Waals surface area contributed by atoms with Gasteiger partial charge in [-0.2, -0.15) is 0 Å². The van der Waals surface area contributed by atoms with Crippen molar-refractivity contribution in [3.63, 3.8) is 0 Å². The van der Waals surface area contributed by atoms with E-state index in [1.54, 1.807) is 18.2 Å². The minimum atomic E-state index is -0.659. The highest BCUT2D eigenvalue weighted by molar-refractivity contribution is 6.42. The second kappa shape index (κ2) is 5.18. The monoisotopic (exact) mass is 305 g/mol. The summed E-state index contributed by atoms with van der Waals surface area (Å²) in [5.74, 6) is -0.0718. The fourth-order valence-electron chi connectivity index (χ4n) is 1.41. The lowest BCUT2D eigenvalue weighted by Gasteiger charge is -2.07. The third-order valence-corrected chi connectivity index (χ3v) is 3.48. The van der Waals surface area contributed by atoms with Crippen LogP contribution in [0.15, 0.2) is 34.7 Å². The van der Waals surface area contributed by atoms with Crippen molar-refractivity contribution < 1.29 is 9.34 Å². The second-order valence-electron chi connectivity index (χ2n) is 3.47. The molecule has 2 rings (SSSR count). The second-order valence-corrected chi connectivity index (χ2v) is 4.72. The Balaban J connectivity index is 2.31. The van der Waals surface area contributed by atoms with Gasteiger partial charge in [-0.25, -0.2) is 0 Å². The largest absolute Gasteiger partial charge is 0.433 e. The van der Waals surface area contributed by atoms with Crippen molar-refractivity contribution in [2.45, 2.75) is 5.38 Å². The van der Waals surface area contributed by atoms with Crippen molar-refractivity contribution >= 4 is 40.7 Å². The van der Waals surface area contributed by atoms with Gasteiger partial charge in [0.05, 0.1) is 16.1 Å². The number of nitro groups is 1. The van der Waals surface area contributed by atoms with Crippen LogP contribution in [0.3, 0.4) is 0 Å². The summed E-state index contributed by atoms with van der Waals surface area (Å²) in [6.07, 6.45) is 0. The molecule has 94 valence electrons. The molecule has 1 aromatic carbocycles. The molecular formula is C11H6Cl3NO3. The van der Waals surface area contributed by atoms with E-state index >= 15 is 0 Å². The first-order valence-corrected chi connectivity index (χ1v) is 6.01. The lowest BCUT2D eigenvalue weighted by atomic mass is 10.1. The third-order valence-electron chi connectivity index (χ3n) is 2.28. The maximum atomic E-state index is 10.5. The number of hydrogen-bond donors (Lipinski definition) is 0. The number of rotatable bonds is 3. The number of halogens is 3. The Morgan fingerprint density at radius 1 is 1.17 bits per heavy atom. The zero-order chi connectivity index (χ0) is 13.3. The third kappa shape index (κ3) is 2.61. The van der Waals surface area contributed by atoms with Crippen molar-refractivity contribution in [3.8, 4) is 0 Å². The van der Waals surface area contributed by atoms with Crippen LogP contribution in [0.4, 0.5) is 5.88 Å². The molecule has 1 atom stereocenters. The molecule has 0 N–H and O–H groups in total. The van der Waals surface area contributed by atoms with Crippen molar-refractivity contribution in [3.05, 3.63) is 61.8 Å². The van der Waals surface area contributed by atoms with Crippen molar-refractivity contribution in [1.29, 1.82) is 0 Å². The molecule has 2 aromatic rings.